The first-order valence-corrected chi connectivity index (χ1v) is 8.09. The fraction of sp³-hybridized carbons (Fsp3) is 0.529. The fourth-order valence-corrected chi connectivity index (χ4v) is 2.96. The molecule has 1 aromatic rings. The maximum Gasteiger partial charge on any atom is 0.416 e. The zero-order valence-electron chi connectivity index (χ0n) is 13.9. The van der Waals surface area contributed by atoms with E-state index >= 15 is 0 Å². The topological polar surface area (TPSA) is 60.9 Å². The first kappa shape index (κ1) is 19.2. The molecule has 1 aliphatic rings. The van der Waals surface area contributed by atoms with Crippen molar-refractivity contribution in [3.63, 3.8) is 0 Å². The van der Waals surface area contributed by atoms with Crippen LogP contribution >= 0.6 is 0 Å². The number of hydrogen-bond donors (Lipinski definition) is 1. The number of likely N-dealkylation sites (tertiary alicyclic amines) is 1. The van der Waals surface area contributed by atoms with E-state index in [2.05, 4.69) is 0 Å². The van der Waals surface area contributed by atoms with Gasteiger partial charge in [-0.15, -0.1) is 0 Å². The van der Waals surface area contributed by atoms with Crippen LogP contribution in [0.4, 0.5) is 13.2 Å². The van der Waals surface area contributed by atoms with E-state index in [0.29, 0.717) is 12.1 Å². The lowest BCUT2D eigenvalue weighted by molar-refractivity contribution is -0.137. The van der Waals surface area contributed by atoms with Crippen LogP contribution < -0.4 is 0 Å². The van der Waals surface area contributed by atoms with Crippen LogP contribution in [0.1, 0.15) is 24.5 Å². The van der Waals surface area contributed by atoms with Crippen LogP contribution in [0.5, 0.6) is 0 Å². The van der Waals surface area contributed by atoms with E-state index in [9.17, 15) is 22.8 Å². The van der Waals surface area contributed by atoms with Crippen molar-refractivity contribution >= 4 is 11.8 Å². The molecule has 5 nitrogen and oxygen atoms in total. The number of carbonyl (C=O) groups is 2. The standard InChI is InChI=1S/C17H21F3N2O3/c1-2-21(6-7-23)16(25)13-9-15(24)22(11-13)10-12-4-3-5-14(8-12)17(18,19)20/h3-5,8,13,23H,2,6-7,9-11H2,1H3. The molecular weight excluding hydrogens is 337 g/mol. The highest BCUT2D eigenvalue weighted by Gasteiger charge is 2.36. The third-order valence-corrected chi connectivity index (χ3v) is 4.25. The number of halogens is 3. The smallest absolute Gasteiger partial charge is 0.395 e. The molecule has 1 fully saturated rings. The molecule has 1 saturated heterocycles. The van der Waals surface area contributed by atoms with E-state index in [0.717, 1.165) is 12.1 Å². The molecule has 25 heavy (non-hydrogen) atoms. The van der Waals surface area contributed by atoms with Crippen LogP contribution in [0.2, 0.25) is 0 Å². The molecule has 0 saturated carbocycles. The van der Waals surface area contributed by atoms with E-state index in [1.165, 1.54) is 21.9 Å². The van der Waals surface area contributed by atoms with Gasteiger partial charge in [0, 0.05) is 32.6 Å². The van der Waals surface area contributed by atoms with Crippen LogP contribution in [-0.4, -0.2) is 53.0 Å². The number of alkyl halides is 3. The molecule has 2 rings (SSSR count). The first-order chi connectivity index (χ1) is 11.8. The Morgan fingerprint density at radius 1 is 1.40 bits per heavy atom. The van der Waals surface area contributed by atoms with Gasteiger partial charge >= 0.3 is 6.18 Å². The van der Waals surface area contributed by atoms with Crippen LogP contribution in [-0.2, 0) is 22.3 Å². The molecule has 1 atom stereocenters. The number of benzene rings is 1. The summed E-state index contributed by atoms with van der Waals surface area (Å²) >= 11 is 0. The Hall–Kier alpha value is -2.09. The van der Waals surface area contributed by atoms with E-state index in [-0.39, 0.29) is 44.5 Å². The summed E-state index contributed by atoms with van der Waals surface area (Å²) < 4.78 is 38.3. The third-order valence-electron chi connectivity index (χ3n) is 4.25. The highest BCUT2D eigenvalue weighted by atomic mass is 19.4. The number of aliphatic hydroxyl groups excluding tert-OH is 1. The summed E-state index contributed by atoms with van der Waals surface area (Å²) in [6.45, 7) is 2.47. The Kier molecular flexibility index (Phi) is 6.05. The zero-order valence-corrected chi connectivity index (χ0v) is 13.9. The zero-order chi connectivity index (χ0) is 18.6. The Morgan fingerprint density at radius 2 is 2.12 bits per heavy atom. The average Bonchev–Trinajstić information content (AvgIpc) is 2.92. The van der Waals surface area contributed by atoms with Gasteiger partial charge in [0.2, 0.25) is 11.8 Å². The Morgan fingerprint density at radius 3 is 2.72 bits per heavy atom. The number of carbonyl (C=O) groups excluding carboxylic acids is 2. The third kappa shape index (κ3) is 4.72. The molecule has 0 radical (unpaired) electrons. The summed E-state index contributed by atoms with van der Waals surface area (Å²) in [5.41, 5.74) is -0.386. The van der Waals surface area contributed by atoms with Crippen LogP contribution in [0.25, 0.3) is 0 Å². The summed E-state index contributed by atoms with van der Waals surface area (Å²) in [6.07, 6.45) is -4.39. The number of aliphatic hydroxyl groups is 1. The molecule has 2 amide bonds. The molecule has 1 unspecified atom stereocenters. The molecule has 1 aliphatic heterocycles. The normalized spacial score (nSPS) is 17.9. The summed E-state index contributed by atoms with van der Waals surface area (Å²) in [4.78, 5) is 27.4. The Balaban J connectivity index is 2.05. The predicted molar refractivity (Wildman–Crippen MR) is 84.3 cm³/mol. The molecule has 1 aromatic carbocycles. The van der Waals surface area contributed by atoms with Gasteiger partial charge in [-0.25, -0.2) is 0 Å². The lowest BCUT2D eigenvalue weighted by atomic mass is 10.1. The second-order valence-electron chi connectivity index (χ2n) is 6.01. The van der Waals surface area contributed by atoms with Gasteiger partial charge in [0.15, 0.2) is 0 Å². The summed E-state index contributed by atoms with van der Waals surface area (Å²) in [5.74, 6) is -0.989. The second kappa shape index (κ2) is 7.86. The van der Waals surface area contributed by atoms with Crippen molar-refractivity contribution in [1.82, 2.24) is 9.80 Å². The molecular formula is C17H21F3N2O3. The minimum atomic E-state index is -4.44. The number of hydrogen-bond acceptors (Lipinski definition) is 3. The van der Waals surface area contributed by atoms with E-state index < -0.39 is 17.7 Å². The Bertz CT molecular complexity index is 634. The van der Waals surface area contributed by atoms with E-state index in [4.69, 9.17) is 5.11 Å². The summed E-state index contributed by atoms with van der Waals surface area (Å²) in [5, 5.41) is 8.99. The van der Waals surface area contributed by atoms with Gasteiger partial charge < -0.3 is 14.9 Å². The van der Waals surface area contributed by atoms with Gasteiger partial charge in [0.25, 0.3) is 0 Å². The quantitative estimate of drug-likeness (QED) is 0.845. The maximum atomic E-state index is 12.8. The number of rotatable bonds is 6. The predicted octanol–water partition coefficient (Wildman–Crippen LogP) is 1.89. The molecule has 0 aromatic heterocycles. The molecule has 1 heterocycles. The highest BCUT2D eigenvalue weighted by molar-refractivity contribution is 5.89. The summed E-state index contributed by atoms with van der Waals surface area (Å²) in [6, 6.07) is 4.84. The van der Waals surface area contributed by atoms with Gasteiger partial charge in [-0.3, -0.25) is 9.59 Å². The molecule has 138 valence electrons. The fourth-order valence-electron chi connectivity index (χ4n) is 2.96. The van der Waals surface area contributed by atoms with Crippen molar-refractivity contribution in [3.8, 4) is 0 Å². The lowest BCUT2D eigenvalue weighted by Gasteiger charge is -2.23. The van der Waals surface area contributed by atoms with Crippen molar-refractivity contribution < 1.29 is 27.9 Å². The largest absolute Gasteiger partial charge is 0.416 e. The number of amides is 2. The number of nitrogens with zero attached hydrogens (tertiary/aromatic N) is 2. The van der Waals surface area contributed by atoms with Gasteiger partial charge in [-0.1, -0.05) is 12.1 Å². The molecule has 1 N–H and O–H groups in total. The van der Waals surface area contributed by atoms with Crippen LogP contribution in [0, 0.1) is 5.92 Å². The maximum absolute atomic E-state index is 12.8. The molecule has 0 spiro atoms. The van der Waals surface area contributed by atoms with Crippen molar-refractivity contribution in [1.29, 1.82) is 0 Å². The molecule has 0 aliphatic carbocycles. The average molecular weight is 358 g/mol. The molecule has 0 bridgehead atoms. The number of likely N-dealkylation sites (N-methyl/N-ethyl adjacent to an activating group) is 1. The SMILES string of the molecule is CCN(CCO)C(=O)C1CC(=O)N(Cc2cccc(C(F)(F)F)c2)C1. The first-order valence-electron chi connectivity index (χ1n) is 8.09. The van der Waals surface area contributed by atoms with Gasteiger partial charge in [-0.05, 0) is 24.6 Å². The van der Waals surface area contributed by atoms with Crippen molar-refractivity contribution in [2.75, 3.05) is 26.2 Å². The van der Waals surface area contributed by atoms with Crippen molar-refractivity contribution in [2.45, 2.75) is 26.1 Å². The highest BCUT2D eigenvalue weighted by Crippen LogP contribution is 2.30. The van der Waals surface area contributed by atoms with Crippen LogP contribution in [0.3, 0.4) is 0 Å². The minimum Gasteiger partial charge on any atom is -0.395 e. The lowest BCUT2D eigenvalue weighted by Crippen LogP contribution is -2.39. The Labute approximate surface area is 144 Å². The van der Waals surface area contributed by atoms with Gasteiger partial charge in [0.05, 0.1) is 18.1 Å². The van der Waals surface area contributed by atoms with Gasteiger partial charge in [-0.2, -0.15) is 13.2 Å². The summed E-state index contributed by atoms with van der Waals surface area (Å²) in [7, 11) is 0. The monoisotopic (exact) mass is 358 g/mol. The van der Waals surface area contributed by atoms with Crippen LogP contribution in [0.15, 0.2) is 24.3 Å². The van der Waals surface area contributed by atoms with Crippen molar-refractivity contribution in [2.24, 2.45) is 5.92 Å². The van der Waals surface area contributed by atoms with Gasteiger partial charge in [0.1, 0.15) is 0 Å². The van der Waals surface area contributed by atoms with Crippen molar-refractivity contribution in [3.05, 3.63) is 35.4 Å². The molecule has 8 heteroatoms. The minimum absolute atomic E-state index is 0.0403. The van der Waals surface area contributed by atoms with E-state index in [1.807, 2.05) is 0 Å². The second-order valence-corrected chi connectivity index (χ2v) is 6.01. The van der Waals surface area contributed by atoms with E-state index in [1.54, 1.807) is 6.92 Å².